The summed E-state index contributed by atoms with van der Waals surface area (Å²) < 4.78 is 4.75. The second kappa shape index (κ2) is 4.39. The van der Waals surface area contributed by atoms with E-state index in [1.807, 2.05) is 6.92 Å². The summed E-state index contributed by atoms with van der Waals surface area (Å²) in [6, 6.07) is 1.10. The minimum absolute atomic E-state index is 0.0408. The van der Waals surface area contributed by atoms with Crippen LogP contribution in [0.15, 0.2) is 12.3 Å². The molecule has 0 unspecified atom stereocenters. The second-order valence-corrected chi connectivity index (χ2v) is 2.41. The predicted octanol–water partition coefficient (Wildman–Crippen LogP) is 1.19. The summed E-state index contributed by atoms with van der Waals surface area (Å²) >= 11 is 0. The monoisotopic (exact) mass is 181 g/mol. The molecule has 0 fully saturated rings. The van der Waals surface area contributed by atoms with Crippen LogP contribution >= 0.6 is 0 Å². The van der Waals surface area contributed by atoms with E-state index in [1.54, 1.807) is 0 Å². The molecule has 0 aliphatic carbocycles. The van der Waals surface area contributed by atoms with Crippen molar-refractivity contribution in [3.8, 4) is 5.75 Å². The lowest BCUT2D eigenvalue weighted by Crippen LogP contribution is -2.08. The highest BCUT2D eigenvalue weighted by Crippen LogP contribution is 2.07. The molecule has 5 heteroatoms. The fourth-order valence-corrected chi connectivity index (χ4v) is 0.717. The van der Waals surface area contributed by atoms with Crippen LogP contribution in [0.4, 0.5) is 0 Å². The van der Waals surface area contributed by atoms with E-state index in [1.165, 1.54) is 0 Å². The summed E-state index contributed by atoms with van der Waals surface area (Å²) in [5.74, 6) is -0.953. The predicted molar refractivity (Wildman–Crippen MR) is 42.7 cm³/mol. The van der Waals surface area contributed by atoms with Crippen LogP contribution in [0.25, 0.3) is 0 Å². The van der Waals surface area contributed by atoms with Gasteiger partial charge in [0.1, 0.15) is 0 Å². The number of aromatic nitrogens is 2. The normalized spacial score (nSPS) is 9.62. The van der Waals surface area contributed by atoms with Crippen LogP contribution in [-0.4, -0.2) is 22.8 Å². The standard InChI is InChI=1S/C8H9N2O3/c1-2-3-13-8(12)7-4-6(11)5-9-10-7/h4-5H,2-3H2,1H3. The second-order valence-electron chi connectivity index (χ2n) is 2.41. The van der Waals surface area contributed by atoms with Crippen molar-refractivity contribution in [2.24, 2.45) is 0 Å². The quantitative estimate of drug-likeness (QED) is 0.656. The van der Waals surface area contributed by atoms with Crippen LogP contribution in [0.2, 0.25) is 0 Å². The van der Waals surface area contributed by atoms with Gasteiger partial charge in [0.05, 0.1) is 12.8 Å². The van der Waals surface area contributed by atoms with E-state index >= 15 is 0 Å². The summed E-state index contributed by atoms with van der Waals surface area (Å²) in [5, 5.41) is 17.6. The Morgan fingerprint density at radius 3 is 3.00 bits per heavy atom. The molecule has 13 heavy (non-hydrogen) atoms. The van der Waals surface area contributed by atoms with Crippen LogP contribution in [0.5, 0.6) is 5.75 Å². The van der Waals surface area contributed by atoms with Gasteiger partial charge in [-0.3, -0.25) is 5.11 Å². The Morgan fingerprint density at radius 1 is 1.62 bits per heavy atom. The van der Waals surface area contributed by atoms with Gasteiger partial charge in [-0.2, -0.15) is 5.10 Å². The molecular weight excluding hydrogens is 172 g/mol. The minimum atomic E-state index is -0.605. The van der Waals surface area contributed by atoms with Gasteiger partial charge in [-0.05, 0) is 6.42 Å². The van der Waals surface area contributed by atoms with Crippen LogP contribution in [0, 0.1) is 0 Å². The Kier molecular flexibility index (Phi) is 3.19. The van der Waals surface area contributed by atoms with E-state index in [2.05, 4.69) is 10.2 Å². The zero-order chi connectivity index (χ0) is 9.68. The van der Waals surface area contributed by atoms with E-state index in [0.717, 1.165) is 18.7 Å². The lowest BCUT2D eigenvalue weighted by Gasteiger charge is -2.00. The summed E-state index contributed by atoms with van der Waals surface area (Å²) in [7, 11) is 0. The molecular formula is C8H9N2O3. The van der Waals surface area contributed by atoms with Gasteiger partial charge in [0.25, 0.3) is 0 Å². The van der Waals surface area contributed by atoms with Crippen molar-refractivity contribution >= 4 is 5.97 Å². The number of carbonyl (C=O) groups excluding carboxylic acids is 1. The first-order valence-corrected chi connectivity index (χ1v) is 3.91. The molecule has 0 saturated carbocycles. The fraction of sp³-hybridized carbons (Fsp3) is 0.375. The molecule has 0 amide bonds. The van der Waals surface area contributed by atoms with Crippen molar-refractivity contribution in [1.82, 2.24) is 10.2 Å². The van der Waals surface area contributed by atoms with Gasteiger partial charge in [-0.15, -0.1) is 5.10 Å². The highest BCUT2D eigenvalue weighted by Gasteiger charge is 2.09. The van der Waals surface area contributed by atoms with E-state index < -0.39 is 5.97 Å². The minimum Gasteiger partial charge on any atom is -0.461 e. The first kappa shape index (κ1) is 9.44. The van der Waals surface area contributed by atoms with Gasteiger partial charge < -0.3 is 4.74 Å². The van der Waals surface area contributed by atoms with E-state index in [-0.39, 0.29) is 11.4 Å². The SMILES string of the molecule is CCCOC(=O)c1cc([O])cnn1. The van der Waals surface area contributed by atoms with Gasteiger partial charge in [-0.1, -0.05) is 6.92 Å². The molecule has 1 aromatic rings. The largest absolute Gasteiger partial charge is 0.461 e. The van der Waals surface area contributed by atoms with Gasteiger partial charge in [-0.25, -0.2) is 4.79 Å². The Labute approximate surface area is 75.4 Å². The van der Waals surface area contributed by atoms with Crippen molar-refractivity contribution in [3.05, 3.63) is 18.0 Å². The molecule has 1 aromatic heterocycles. The number of esters is 1. The molecule has 0 spiro atoms. The number of carbonyl (C=O) groups is 1. The van der Waals surface area contributed by atoms with Crippen molar-refractivity contribution in [1.29, 1.82) is 0 Å². The van der Waals surface area contributed by atoms with Crippen LogP contribution in [-0.2, 0) is 9.84 Å². The molecule has 0 aliphatic rings. The van der Waals surface area contributed by atoms with Crippen molar-refractivity contribution < 1.29 is 14.6 Å². The van der Waals surface area contributed by atoms with E-state index in [9.17, 15) is 9.90 Å². The maximum atomic E-state index is 11.1. The summed E-state index contributed by atoms with van der Waals surface area (Å²) in [5.41, 5.74) is -0.0408. The van der Waals surface area contributed by atoms with Crippen molar-refractivity contribution in [3.63, 3.8) is 0 Å². The van der Waals surface area contributed by atoms with Crippen LogP contribution < -0.4 is 0 Å². The Bertz CT molecular complexity index is 301. The van der Waals surface area contributed by atoms with Crippen molar-refractivity contribution in [2.45, 2.75) is 13.3 Å². The number of ether oxygens (including phenoxy) is 1. The number of hydrogen-bond acceptors (Lipinski definition) is 4. The molecule has 1 radical (unpaired) electrons. The van der Waals surface area contributed by atoms with Gasteiger partial charge in [0, 0.05) is 6.07 Å². The molecule has 0 aliphatic heterocycles. The molecule has 0 aromatic carbocycles. The number of hydrogen-bond donors (Lipinski definition) is 0. The molecule has 1 rings (SSSR count). The average molecular weight is 181 g/mol. The first-order chi connectivity index (χ1) is 6.24. The third-order valence-electron chi connectivity index (χ3n) is 1.28. The van der Waals surface area contributed by atoms with E-state index in [4.69, 9.17) is 4.74 Å². The number of nitrogens with zero attached hydrogens (tertiary/aromatic N) is 2. The van der Waals surface area contributed by atoms with Gasteiger partial charge in [0.15, 0.2) is 5.69 Å². The lowest BCUT2D eigenvalue weighted by atomic mass is 10.4. The highest BCUT2D eigenvalue weighted by molar-refractivity contribution is 5.87. The number of rotatable bonds is 3. The molecule has 0 N–H and O–H groups in total. The molecule has 0 saturated heterocycles. The van der Waals surface area contributed by atoms with Crippen LogP contribution in [0.1, 0.15) is 23.8 Å². The Hall–Kier alpha value is -1.65. The molecule has 5 nitrogen and oxygen atoms in total. The van der Waals surface area contributed by atoms with Crippen molar-refractivity contribution in [2.75, 3.05) is 6.61 Å². The molecule has 0 atom stereocenters. The van der Waals surface area contributed by atoms with Gasteiger partial charge >= 0.3 is 5.97 Å². The summed E-state index contributed by atoms with van der Waals surface area (Å²) in [6.45, 7) is 2.20. The topological polar surface area (TPSA) is 72.0 Å². The Morgan fingerprint density at radius 2 is 2.38 bits per heavy atom. The van der Waals surface area contributed by atoms with E-state index in [0.29, 0.717) is 6.61 Å². The zero-order valence-corrected chi connectivity index (χ0v) is 7.19. The zero-order valence-electron chi connectivity index (χ0n) is 7.19. The smallest absolute Gasteiger partial charge is 0.359 e. The average Bonchev–Trinajstić information content (AvgIpc) is 2.14. The maximum absolute atomic E-state index is 11.1. The highest BCUT2D eigenvalue weighted by atomic mass is 16.5. The third-order valence-corrected chi connectivity index (χ3v) is 1.28. The molecule has 69 valence electrons. The van der Waals surface area contributed by atoms with Gasteiger partial charge in [0.2, 0.25) is 5.75 Å². The lowest BCUT2D eigenvalue weighted by molar-refractivity contribution is 0.0496. The third kappa shape index (κ3) is 2.70. The summed E-state index contributed by atoms with van der Waals surface area (Å²) in [6.07, 6.45) is 1.77. The first-order valence-electron chi connectivity index (χ1n) is 3.91. The van der Waals surface area contributed by atoms with Crippen LogP contribution in [0.3, 0.4) is 0 Å². The summed E-state index contributed by atoms with van der Waals surface area (Å²) in [4.78, 5) is 11.1. The molecule has 1 heterocycles. The maximum Gasteiger partial charge on any atom is 0.359 e. The molecule has 0 bridgehead atoms. The Balaban J connectivity index is 2.66. The fourth-order valence-electron chi connectivity index (χ4n) is 0.717.